The number of Topliss-reactive ketones (excluding diaryl/α,β-unsaturated/α-hetero) is 1. The van der Waals surface area contributed by atoms with Gasteiger partial charge in [0.15, 0.2) is 17.3 Å². The minimum atomic E-state index is -0.663. The first-order chi connectivity index (χ1) is 16.2. The standard InChI is InChI=1S/C27H27N3O4/c1-27(2)16-30(15-17-6-11-22(31)23(32)13-17)24(18-7-9-19(10-8-18)26(28)34)21(25(27)33)14-20-5-3-4-12-29-20/h3-14,24,31-32H,15-16H2,1-2H3,(H2,28,34). The summed E-state index contributed by atoms with van der Waals surface area (Å²) in [5, 5.41) is 19.7. The van der Waals surface area contributed by atoms with E-state index in [-0.39, 0.29) is 17.3 Å². The number of carbonyl (C=O) groups excluding carboxylic acids is 2. The molecule has 7 nitrogen and oxygen atoms in total. The normalized spacial score (nSPS) is 19.3. The average Bonchev–Trinajstić information content (AvgIpc) is 2.80. The van der Waals surface area contributed by atoms with Gasteiger partial charge in [0.1, 0.15) is 0 Å². The number of likely N-dealkylation sites (tertiary alicyclic amines) is 1. The average molecular weight is 458 g/mol. The van der Waals surface area contributed by atoms with E-state index < -0.39 is 17.4 Å². The van der Waals surface area contributed by atoms with Gasteiger partial charge >= 0.3 is 0 Å². The van der Waals surface area contributed by atoms with Gasteiger partial charge in [0.2, 0.25) is 5.91 Å². The second kappa shape index (κ2) is 9.11. The van der Waals surface area contributed by atoms with E-state index in [1.165, 1.54) is 12.1 Å². The Morgan fingerprint density at radius 2 is 1.85 bits per heavy atom. The Labute approximate surface area is 198 Å². The Kier molecular flexibility index (Phi) is 6.22. The second-order valence-electron chi connectivity index (χ2n) is 9.18. The van der Waals surface area contributed by atoms with E-state index in [9.17, 15) is 19.8 Å². The second-order valence-corrected chi connectivity index (χ2v) is 9.18. The lowest BCUT2D eigenvalue weighted by Gasteiger charge is -2.44. The molecule has 0 spiro atoms. The Bertz CT molecular complexity index is 1250. The van der Waals surface area contributed by atoms with Crippen molar-refractivity contribution in [2.24, 2.45) is 11.1 Å². The fraction of sp³-hybridized carbons (Fsp3) is 0.222. The first-order valence-electron chi connectivity index (χ1n) is 11.0. The SMILES string of the molecule is CC1(C)CN(Cc2ccc(O)c(O)c2)C(c2ccc(C(N)=O)cc2)C(=Cc2ccccn2)C1=O. The number of amides is 1. The van der Waals surface area contributed by atoms with Crippen LogP contribution in [0.2, 0.25) is 0 Å². The molecule has 2 heterocycles. The van der Waals surface area contributed by atoms with Crippen LogP contribution in [0.5, 0.6) is 11.5 Å². The molecule has 1 aromatic heterocycles. The fourth-order valence-electron chi connectivity index (χ4n) is 4.42. The largest absolute Gasteiger partial charge is 0.504 e. The summed E-state index contributed by atoms with van der Waals surface area (Å²) < 4.78 is 0. The molecular weight excluding hydrogens is 430 g/mol. The summed E-state index contributed by atoms with van der Waals surface area (Å²) in [6, 6.07) is 16.8. The zero-order chi connectivity index (χ0) is 24.5. The van der Waals surface area contributed by atoms with E-state index in [0.29, 0.717) is 29.9 Å². The third-order valence-electron chi connectivity index (χ3n) is 6.06. The molecule has 1 amide bonds. The maximum Gasteiger partial charge on any atom is 0.248 e. The summed E-state index contributed by atoms with van der Waals surface area (Å²) in [6.07, 6.45) is 3.50. The molecule has 4 rings (SSSR count). The van der Waals surface area contributed by atoms with Crippen LogP contribution in [0.15, 0.2) is 72.4 Å². The lowest BCUT2D eigenvalue weighted by atomic mass is 9.74. The highest BCUT2D eigenvalue weighted by Gasteiger charge is 2.44. The molecule has 1 atom stereocenters. The number of hydrogen-bond acceptors (Lipinski definition) is 6. The number of nitrogens with two attached hydrogens (primary N) is 1. The Balaban J connectivity index is 1.84. The molecule has 1 fully saturated rings. The van der Waals surface area contributed by atoms with E-state index >= 15 is 0 Å². The van der Waals surface area contributed by atoms with Crippen LogP contribution in [0.3, 0.4) is 0 Å². The number of benzene rings is 2. The summed E-state index contributed by atoms with van der Waals surface area (Å²) in [7, 11) is 0. The summed E-state index contributed by atoms with van der Waals surface area (Å²) >= 11 is 0. The van der Waals surface area contributed by atoms with Gasteiger partial charge in [0, 0.05) is 35.8 Å². The molecule has 34 heavy (non-hydrogen) atoms. The molecule has 2 aromatic carbocycles. The highest BCUT2D eigenvalue weighted by molar-refractivity contribution is 6.05. The summed E-state index contributed by atoms with van der Waals surface area (Å²) in [6.45, 7) is 4.71. The molecule has 1 aliphatic heterocycles. The van der Waals surface area contributed by atoms with Gasteiger partial charge in [0.05, 0.1) is 11.7 Å². The summed E-state index contributed by atoms with van der Waals surface area (Å²) in [4.78, 5) is 31.8. The van der Waals surface area contributed by atoms with Gasteiger partial charge in [-0.05, 0) is 53.6 Å². The first-order valence-corrected chi connectivity index (χ1v) is 11.0. The van der Waals surface area contributed by atoms with Crippen molar-refractivity contribution in [2.75, 3.05) is 6.54 Å². The van der Waals surface area contributed by atoms with Crippen LogP contribution in [-0.2, 0) is 11.3 Å². The minimum Gasteiger partial charge on any atom is -0.504 e. The minimum absolute atomic E-state index is 0.0203. The predicted octanol–water partition coefficient (Wildman–Crippen LogP) is 3.83. The van der Waals surface area contributed by atoms with Crippen LogP contribution in [0, 0.1) is 5.41 Å². The molecule has 0 aliphatic carbocycles. The maximum atomic E-state index is 13.6. The molecule has 3 aromatic rings. The molecule has 174 valence electrons. The third kappa shape index (κ3) is 4.70. The number of aromatic nitrogens is 1. The smallest absolute Gasteiger partial charge is 0.248 e. The van der Waals surface area contributed by atoms with Crippen LogP contribution < -0.4 is 5.73 Å². The Hall–Kier alpha value is -3.97. The lowest BCUT2D eigenvalue weighted by molar-refractivity contribution is -0.128. The first kappa shape index (κ1) is 23.2. The van der Waals surface area contributed by atoms with E-state index in [1.807, 2.05) is 50.3 Å². The van der Waals surface area contributed by atoms with Gasteiger partial charge in [-0.3, -0.25) is 19.5 Å². The summed E-state index contributed by atoms with van der Waals surface area (Å²) in [5.74, 6) is -0.885. The molecular formula is C27H27N3O4. The van der Waals surface area contributed by atoms with Crippen molar-refractivity contribution in [3.8, 4) is 11.5 Å². The van der Waals surface area contributed by atoms with Crippen LogP contribution in [0.1, 0.15) is 47.1 Å². The lowest BCUT2D eigenvalue weighted by Crippen LogP contribution is -2.49. The highest BCUT2D eigenvalue weighted by atomic mass is 16.3. The van der Waals surface area contributed by atoms with Gasteiger partial charge in [0.25, 0.3) is 0 Å². The van der Waals surface area contributed by atoms with Gasteiger partial charge in [-0.15, -0.1) is 0 Å². The molecule has 0 saturated carbocycles. The number of rotatable bonds is 5. The molecule has 1 saturated heterocycles. The van der Waals surface area contributed by atoms with Crippen molar-refractivity contribution in [1.82, 2.24) is 9.88 Å². The zero-order valence-corrected chi connectivity index (χ0v) is 19.1. The number of phenols is 2. The van der Waals surface area contributed by atoms with Crippen molar-refractivity contribution in [2.45, 2.75) is 26.4 Å². The quantitative estimate of drug-likeness (QED) is 0.396. The number of aromatic hydroxyl groups is 2. The molecule has 0 bridgehead atoms. The van der Waals surface area contributed by atoms with Gasteiger partial charge in [-0.2, -0.15) is 0 Å². The number of carbonyl (C=O) groups is 2. The van der Waals surface area contributed by atoms with Crippen LogP contribution >= 0.6 is 0 Å². The van der Waals surface area contributed by atoms with Crippen molar-refractivity contribution in [1.29, 1.82) is 0 Å². The fourth-order valence-corrected chi connectivity index (χ4v) is 4.42. The zero-order valence-electron chi connectivity index (χ0n) is 19.1. The molecule has 0 radical (unpaired) electrons. The number of hydrogen-bond donors (Lipinski definition) is 3. The monoisotopic (exact) mass is 457 g/mol. The molecule has 7 heteroatoms. The van der Waals surface area contributed by atoms with Crippen molar-refractivity contribution >= 4 is 17.8 Å². The third-order valence-corrected chi connectivity index (χ3v) is 6.06. The van der Waals surface area contributed by atoms with E-state index in [4.69, 9.17) is 5.73 Å². The number of piperidine rings is 1. The topological polar surface area (TPSA) is 117 Å². The van der Waals surface area contributed by atoms with Gasteiger partial charge in [-0.25, -0.2) is 0 Å². The van der Waals surface area contributed by atoms with Crippen molar-refractivity contribution < 1.29 is 19.8 Å². The van der Waals surface area contributed by atoms with Gasteiger partial charge in [-0.1, -0.05) is 38.1 Å². The van der Waals surface area contributed by atoms with Crippen molar-refractivity contribution in [3.05, 3.63) is 94.8 Å². The number of primary amides is 1. The number of ketones is 1. The van der Waals surface area contributed by atoms with E-state index in [0.717, 1.165) is 11.1 Å². The predicted molar refractivity (Wildman–Crippen MR) is 129 cm³/mol. The van der Waals surface area contributed by atoms with E-state index in [2.05, 4.69) is 9.88 Å². The molecule has 4 N–H and O–H groups in total. The highest BCUT2D eigenvalue weighted by Crippen LogP contribution is 2.42. The number of phenolic OH excluding ortho intramolecular Hbond substituents is 2. The van der Waals surface area contributed by atoms with Crippen LogP contribution in [0.25, 0.3) is 6.08 Å². The van der Waals surface area contributed by atoms with Crippen LogP contribution in [0.4, 0.5) is 0 Å². The molecule has 1 unspecified atom stereocenters. The van der Waals surface area contributed by atoms with Gasteiger partial charge < -0.3 is 15.9 Å². The van der Waals surface area contributed by atoms with Crippen LogP contribution in [-0.4, -0.2) is 38.3 Å². The van der Waals surface area contributed by atoms with Crippen molar-refractivity contribution in [3.63, 3.8) is 0 Å². The molecule has 1 aliphatic rings. The Morgan fingerprint density at radius 1 is 1.12 bits per heavy atom. The summed E-state index contributed by atoms with van der Waals surface area (Å²) in [5.41, 5.74) is 8.02. The Morgan fingerprint density at radius 3 is 2.47 bits per heavy atom. The van der Waals surface area contributed by atoms with E-state index in [1.54, 1.807) is 24.4 Å². The number of nitrogens with zero attached hydrogens (tertiary/aromatic N) is 2. The maximum absolute atomic E-state index is 13.6. The number of pyridine rings is 1.